The first-order chi connectivity index (χ1) is 11.2. The molecular formula is C18H19NO3S. The molecule has 1 atom stereocenters. The van der Waals surface area contributed by atoms with Crippen molar-refractivity contribution in [3.63, 3.8) is 0 Å². The second-order valence-corrected chi connectivity index (χ2v) is 7.32. The summed E-state index contributed by atoms with van der Waals surface area (Å²) in [5.41, 5.74) is 0.697. The minimum absolute atomic E-state index is 0.0130. The van der Waals surface area contributed by atoms with E-state index in [1.807, 2.05) is 22.4 Å². The Morgan fingerprint density at radius 2 is 2.13 bits per heavy atom. The smallest absolute Gasteiger partial charge is 0.257 e. The standard InChI is InChI=1S/C18H19NO3S/c20-15(16-4-2-10-23-16)11-13-3-1-8-19(13)18(21)14-7-9-22-17(14)12-5-6-12/h2,4,7,9-10,12-13H,1,3,5-6,8,11H2. The van der Waals surface area contributed by atoms with Crippen molar-refractivity contribution in [3.05, 3.63) is 46.0 Å². The molecule has 1 saturated carbocycles. The number of Topliss-reactive ketones (excluding diaryl/α,β-unsaturated/α-hetero) is 1. The van der Waals surface area contributed by atoms with E-state index < -0.39 is 0 Å². The largest absolute Gasteiger partial charge is 0.468 e. The van der Waals surface area contributed by atoms with Gasteiger partial charge in [-0.2, -0.15) is 0 Å². The normalized spacial score (nSPS) is 20.9. The number of amides is 1. The molecule has 2 aliphatic rings. The van der Waals surface area contributed by atoms with E-state index in [1.165, 1.54) is 11.3 Å². The number of likely N-dealkylation sites (tertiary alicyclic amines) is 1. The predicted octanol–water partition coefficient (Wildman–Crippen LogP) is 4.10. The van der Waals surface area contributed by atoms with Crippen LogP contribution in [0.1, 0.15) is 63.8 Å². The van der Waals surface area contributed by atoms with Crippen molar-refractivity contribution in [1.82, 2.24) is 4.90 Å². The van der Waals surface area contributed by atoms with Gasteiger partial charge >= 0.3 is 0 Å². The topological polar surface area (TPSA) is 50.5 Å². The lowest BCUT2D eigenvalue weighted by Crippen LogP contribution is -2.37. The van der Waals surface area contributed by atoms with E-state index in [9.17, 15) is 9.59 Å². The number of nitrogens with zero attached hydrogens (tertiary/aromatic N) is 1. The molecule has 3 heterocycles. The van der Waals surface area contributed by atoms with Crippen LogP contribution in [0.25, 0.3) is 0 Å². The lowest BCUT2D eigenvalue weighted by Gasteiger charge is -2.24. The number of thiophene rings is 1. The zero-order valence-electron chi connectivity index (χ0n) is 12.9. The Morgan fingerprint density at radius 3 is 2.87 bits per heavy atom. The average molecular weight is 329 g/mol. The van der Waals surface area contributed by atoms with Crippen molar-refractivity contribution in [2.45, 2.75) is 44.1 Å². The molecule has 5 heteroatoms. The van der Waals surface area contributed by atoms with Gasteiger partial charge in [-0.3, -0.25) is 9.59 Å². The molecule has 0 N–H and O–H groups in total. The summed E-state index contributed by atoms with van der Waals surface area (Å²) in [7, 11) is 0. The highest BCUT2D eigenvalue weighted by Gasteiger charge is 2.36. The fraction of sp³-hybridized carbons (Fsp3) is 0.444. The van der Waals surface area contributed by atoms with Crippen LogP contribution in [0.5, 0.6) is 0 Å². The van der Waals surface area contributed by atoms with Gasteiger partial charge in [0.15, 0.2) is 5.78 Å². The van der Waals surface area contributed by atoms with E-state index in [0.29, 0.717) is 17.9 Å². The molecule has 0 aromatic carbocycles. The summed E-state index contributed by atoms with van der Waals surface area (Å²) < 4.78 is 5.53. The lowest BCUT2D eigenvalue weighted by molar-refractivity contribution is 0.0715. The van der Waals surface area contributed by atoms with Gasteiger partial charge in [0.05, 0.1) is 16.7 Å². The summed E-state index contributed by atoms with van der Waals surface area (Å²) >= 11 is 1.47. The van der Waals surface area contributed by atoms with Gasteiger partial charge in [0.1, 0.15) is 5.76 Å². The molecule has 0 spiro atoms. The van der Waals surface area contributed by atoms with Crippen LogP contribution in [0.4, 0.5) is 0 Å². The van der Waals surface area contributed by atoms with Crippen LogP contribution < -0.4 is 0 Å². The summed E-state index contributed by atoms with van der Waals surface area (Å²) in [6.07, 6.45) is 6.11. The van der Waals surface area contributed by atoms with Crippen molar-refractivity contribution in [1.29, 1.82) is 0 Å². The molecule has 2 aromatic heterocycles. The quantitative estimate of drug-likeness (QED) is 0.776. The monoisotopic (exact) mass is 329 g/mol. The molecule has 120 valence electrons. The van der Waals surface area contributed by atoms with Crippen molar-refractivity contribution in [2.24, 2.45) is 0 Å². The Labute approximate surface area is 139 Å². The van der Waals surface area contributed by atoms with Crippen LogP contribution in [0.3, 0.4) is 0 Å². The highest BCUT2D eigenvalue weighted by Crippen LogP contribution is 2.42. The van der Waals surface area contributed by atoms with E-state index in [1.54, 1.807) is 12.3 Å². The summed E-state index contributed by atoms with van der Waals surface area (Å²) in [5.74, 6) is 1.42. The first kappa shape index (κ1) is 14.7. The van der Waals surface area contributed by atoms with Gasteiger partial charge in [0.2, 0.25) is 0 Å². The number of rotatable bonds is 5. The molecule has 1 aliphatic heterocycles. The van der Waals surface area contributed by atoms with Crippen molar-refractivity contribution < 1.29 is 14.0 Å². The number of hydrogen-bond acceptors (Lipinski definition) is 4. The maximum absolute atomic E-state index is 12.9. The summed E-state index contributed by atoms with van der Waals surface area (Å²) in [4.78, 5) is 27.9. The van der Waals surface area contributed by atoms with Crippen LogP contribution in [-0.2, 0) is 0 Å². The molecule has 4 nitrogen and oxygen atoms in total. The zero-order valence-corrected chi connectivity index (χ0v) is 13.7. The summed E-state index contributed by atoms with van der Waals surface area (Å²) in [6, 6.07) is 5.55. The van der Waals surface area contributed by atoms with Crippen LogP contribution in [0.2, 0.25) is 0 Å². The van der Waals surface area contributed by atoms with E-state index in [-0.39, 0.29) is 17.7 Å². The Kier molecular flexibility index (Phi) is 3.81. The Balaban J connectivity index is 1.49. The Bertz CT molecular complexity index is 714. The van der Waals surface area contributed by atoms with E-state index in [4.69, 9.17) is 4.42 Å². The van der Waals surface area contributed by atoms with Gasteiger partial charge in [-0.25, -0.2) is 0 Å². The van der Waals surface area contributed by atoms with Crippen LogP contribution in [0, 0.1) is 0 Å². The van der Waals surface area contributed by atoms with Gasteiger partial charge in [0.25, 0.3) is 5.91 Å². The SMILES string of the molecule is O=C(CC1CCCN1C(=O)c1ccoc1C1CC1)c1cccs1. The molecule has 1 unspecified atom stereocenters. The highest BCUT2D eigenvalue weighted by atomic mass is 32.1. The predicted molar refractivity (Wildman–Crippen MR) is 88.0 cm³/mol. The van der Waals surface area contributed by atoms with Gasteiger partial charge < -0.3 is 9.32 Å². The number of carbonyl (C=O) groups excluding carboxylic acids is 2. The Morgan fingerprint density at radius 1 is 1.26 bits per heavy atom. The maximum atomic E-state index is 12.9. The van der Waals surface area contributed by atoms with Crippen LogP contribution in [0.15, 0.2) is 34.3 Å². The average Bonchev–Trinajstić information content (AvgIpc) is 3.03. The lowest BCUT2D eigenvalue weighted by atomic mass is 10.1. The summed E-state index contributed by atoms with van der Waals surface area (Å²) in [6.45, 7) is 0.733. The molecule has 1 aliphatic carbocycles. The molecule has 23 heavy (non-hydrogen) atoms. The third-order valence-electron chi connectivity index (χ3n) is 4.73. The van der Waals surface area contributed by atoms with Gasteiger partial charge in [-0.1, -0.05) is 6.07 Å². The van der Waals surface area contributed by atoms with Crippen molar-refractivity contribution in [2.75, 3.05) is 6.54 Å². The second-order valence-electron chi connectivity index (χ2n) is 6.37. The third kappa shape index (κ3) is 2.85. The van der Waals surface area contributed by atoms with Gasteiger partial charge in [-0.15, -0.1) is 11.3 Å². The van der Waals surface area contributed by atoms with E-state index in [0.717, 1.165) is 42.9 Å². The van der Waals surface area contributed by atoms with Crippen molar-refractivity contribution in [3.8, 4) is 0 Å². The van der Waals surface area contributed by atoms with Crippen LogP contribution in [-0.4, -0.2) is 29.2 Å². The molecule has 2 aromatic rings. The molecule has 0 bridgehead atoms. The molecule has 1 saturated heterocycles. The first-order valence-corrected chi connectivity index (χ1v) is 9.07. The van der Waals surface area contributed by atoms with Crippen molar-refractivity contribution >= 4 is 23.0 Å². The maximum Gasteiger partial charge on any atom is 0.257 e. The summed E-state index contributed by atoms with van der Waals surface area (Å²) in [5, 5.41) is 1.91. The van der Waals surface area contributed by atoms with E-state index >= 15 is 0 Å². The fourth-order valence-electron chi connectivity index (χ4n) is 3.38. The number of ketones is 1. The number of hydrogen-bond donors (Lipinski definition) is 0. The molecular weight excluding hydrogens is 310 g/mol. The number of carbonyl (C=O) groups is 2. The third-order valence-corrected chi connectivity index (χ3v) is 5.64. The fourth-order valence-corrected chi connectivity index (χ4v) is 4.06. The minimum atomic E-state index is 0.0130. The van der Waals surface area contributed by atoms with Gasteiger partial charge in [-0.05, 0) is 43.2 Å². The zero-order chi connectivity index (χ0) is 15.8. The minimum Gasteiger partial charge on any atom is -0.468 e. The molecule has 0 radical (unpaired) electrons. The van der Waals surface area contributed by atoms with Crippen LogP contribution >= 0.6 is 11.3 Å². The molecule has 2 fully saturated rings. The first-order valence-electron chi connectivity index (χ1n) is 8.19. The Hall–Kier alpha value is -1.88. The second kappa shape index (κ2) is 5.96. The molecule has 1 amide bonds. The highest BCUT2D eigenvalue weighted by molar-refractivity contribution is 7.12. The molecule has 4 rings (SSSR count). The van der Waals surface area contributed by atoms with Gasteiger partial charge in [0, 0.05) is 24.9 Å². The van der Waals surface area contributed by atoms with E-state index in [2.05, 4.69) is 0 Å². The number of furan rings is 1.